The van der Waals surface area contributed by atoms with Gasteiger partial charge in [-0.2, -0.15) is 13.2 Å². The standard InChI is InChI=1S/C30H35F5N4O5/c31-29(32)12-19(13-29)36-18-6-4-17(5-7-18)23(14-28(10-11-28)30(33,34)35)37-22-3-1-2-20-21(22)15-38(26(20)42)24-8-9-25(41)39(27(24)43)44-16-40/h1-3,16-19,23-24,36-37H,4-15H2/t17?,18?,23-,24-/m1/s1. The first-order valence-corrected chi connectivity index (χ1v) is 15.2. The van der Waals surface area contributed by atoms with E-state index in [1.165, 1.54) is 4.90 Å². The van der Waals surface area contributed by atoms with Crippen LogP contribution >= 0.6 is 0 Å². The molecule has 3 amide bonds. The third-order valence-electron chi connectivity index (χ3n) is 10.2. The van der Waals surface area contributed by atoms with Crippen molar-refractivity contribution < 1.29 is 46.0 Å². The Kier molecular flexibility index (Phi) is 7.86. The van der Waals surface area contributed by atoms with Gasteiger partial charge < -0.3 is 20.4 Å². The van der Waals surface area contributed by atoms with Gasteiger partial charge in [0, 0.05) is 60.7 Å². The topological polar surface area (TPSA) is 108 Å². The molecule has 0 bridgehead atoms. The molecule has 6 rings (SSSR count). The Hall–Kier alpha value is -3.29. The normalized spacial score (nSPS) is 28.8. The molecule has 14 heteroatoms. The van der Waals surface area contributed by atoms with E-state index in [2.05, 4.69) is 15.5 Å². The molecule has 3 aliphatic carbocycles. The van der Waals surface area contributed by atoms with Gasteiger partial charge in [-0.15, -0.1) is 5.06 Å². The molecule has 1 aromatic rings. The summed E-state index contributed by atoms with van der Waals surface area (Å²) in [5.74, 6) is -4.71. The lowest BCUT2D eigenvalue weighted by atomic mass is 9.77. The Morgan fingerprint density at radius 2 is 1.73 bits per heavy atom. The Labute approximate surface area is 250 Å². The summed E-state index contributed by atoms with van der Waals surface area (Å²) < 4.78 is 68.9. The number of rotatable bonds is 10. The number of carbonyl (C=O) groups is 4. The van der Waals surface area contributed by atoms with Gasteiger partial charge in [0.15, 0.2) is 0 Å². The molecule has 1 aromatic carbocycles. The van der Waals surface area contributed by atoms with Gasteiger partial charge in [-0.25, -0.2) is 8.78 Å². The maximum Gasteiger partial charge on any atom is 0.394 e. The van der Waals surface area contributed by atoms with Crippen molar-refractivity contribution >= 4 is 29.9 Å². The summed E-state index contributed by atoms with van der Waals surface area (Å²) in [4.78, 5) is 55.1. The number of hydroxylamine groups is 2. The molecule has 0 aromatic heterocycles. The second-order valence-electron chi connectivity index (χ2n) is 13.0. The number of fused-ring (bicyclic) bond motifs is 1. The number of nitrogens with zero attached hydrogens (tertiary/aromatic N) is 2. The van der Waals surface area contributed by atoms with E-state index in [0.717, 1.165) is 0 Å². The van der Waals surface area contributed by atoms with E-state index in [9.17, 15) is 41.1 Å². The van der Waals surface area contributed by atoms with Crippen LogP contribution in [0.3, 0.4) is 0 Å². The number of amides is 3. The minimum atomic E-state index is -4.35. The first-order valence-electron chi connectivity index (χ1n) is 15.2. The zero-order chi connectivity index (χ0) is 31.4. The van der Waals surface area contributed by atoms with Crippen molar-refractivity contribution in [3.05, 3.63) is 29.3 Å². The summed E-state index contributed by atoms with van der Waals surface area (Å²) in [7, 11) is 0. The fourth-order valence-electron chi connectivity index (χ4n) is 7.44. The fraction of sp³-hybridized carbons (Fsp3) is 0.667. The number of nitrogens with one attached hydrogen (secondary N) is 2. The van der Waals surface area contributed by atoms with Crippen LogP contribution in [0.1, 0.15) is 86.6 Å². The maximum atomic E-state index is 14.1. The van der Waals surface area contributed by atoms with Crippen LogP contribution in [0.15, 0.2) is 18.2 Å². The number of hydrogen-bond acceptors (Lipinski definition) is 7. The van der Waals surface area contributed by atoms with Crippen LogP contribution in [0.2, 0.25) is 0 Å². The van der Waals surface area contributed by atoms with Gasteiger partial charge in [0.1, 0.15) is 6.04 Å². The minimum Gasteiger partial charge on any atom is -0.382 e. The van der Waals surface area contributed by atoms with Crippen LogP contribution in [0, 0.1) is 11.3 Å². The molecule has 0 spiro atoms. The average molecular weight is 627 g/mol. The van der Waals surface area contributed by atoms with Crippen molar-refractivity contribution in [2.75, 3.05) is 5.32 Å². The lowest BCUT2D eigenvalue weighted by Crippen LogP contribution is -2.54. The predicted octanol–water partition coefficient (Wildman–Crippen LogP) is 4.71. The quantitative estimate of drug-likeness (QED) is 0.220. The second kappa shape index (κ2) is 11.3. The third kappa shape index (κ3) is 5.77. The highest BCUT2D eigenvalue weighted by atomic mass is 19.4. The van der Waals surface area contributed by atoms with E-state index in [1.807, 2.05) is 0 Å². The van der Waals surface area contributed by atoms with E-state index >= 15 is 0 Å². The molecule has 5 aliphatic rings. The molecule has 2 aliphatic heterocycles. The van der Waals surface area contributed by atoms with Gasteiger partial charge in [0.25, 0.3) is 23.6 Å². The van der Waals surface area contributed by atoms with Gasteiger partial charge in [-0.05, 0) is 69.4 Å². The van der Waals surface area contributed by atoms with Crippen molar-refractivity contribution in [3.63, 3.8) is 0 Å². The first-order chi connectivity index (χ1) is 20.8. The number of piperidine rings is 1. The lowest BCUT2D eigenvalue weighted by molar-refractivity contribution is -0.200. The summed E-state index contributed by atoms with van der Waals surface area (Å²) >= 11 is 0. The number of benzene rings is 1. The average Bonchev–Trinajstić information content (AvgIpc) is 3.68. The summed E-state index contributed by atoms with van der Waals surface area (Å²) in [6.45, 7) is -0.0412. The Bertz CT molecular complexity index is 1320. The summed E-state index contributed by atoms with van der Waals surface area (Å²) in [6.07, 6.45) is -2.19. The molecule has 0 radical (unpaired) electrons. The van der Waals surface area contributed by atoms with E-state index in [1.54, 1.807) is 18.2 Å². The molecule has 9 nitrogen and oxygen atoms in total. The number of carbonyl (C=O) groups excluding carboxylic acids is 4. The van der Waals surface area contributed by atoms with Crippen molar-refractivity contribution in [2.24, 2.45) is 11.3 Å². The van der Waals surface area contributed by atoms with Crippen molar-refractivity contribution in [1.29, 1.82) is 0 Å². The zero-order valence-corrected chi connectivity index (χ0v) is 24.0. The van der Waals surface area contributed by atoms with Crippen molar-refractivity contribution in [2.45, 2.75) is 113 Å². The fourth-order valence-corrected chi connectivity index (χ4v) is 7.44. The van der Waals surface area contributed by atoms with Crippen LogP contribution in [-0.4, -0.2) is 70.4 Å². The van der Waals surface area contributed by atoms with Gasteiger partial charge in [0.2, 0.25) is 0 Å². The monoisotopic (exact) mass is 626 g/mol. The lowest BCUT2D eigenvalue weighted by Gasteiger charge is -2.41. The summed E-state index contributed by atoms with van der Waals surface area (Å²) in [5.41, 5.74) is -0.393. The van der Waals surface area contributed by atoms with E-state index in [4.69, 9.17) is 0 Å². The molecule has 4 fully saturated rings. The molecular weight excluding hydrogens is 591 g/mol. The van der Waals surface area contributed by atoms with Crippen LogP contribution in [0.5, 0.6) is 0 Å². The largest absolute Gasteiger partial charge is 0.394 e. The van der Waals surface area contributed by atoms with Crippen LogP contribution in [0.4, 0.5) is 27.6 Å². The smallest absolute Gasteiger partial charge is 0.382 e. The molecule has 2 atom stereocenters. The van der Waals surface area contributed by atoms with Crippen molar-refractivity contribution in [3.8, 4) is 0 Å². The maximum absolute atomic E-state index is 14.1. The molecule has 1 saturated heterocycles. The Morgan fingerprint density at radius 1 is 1.02 bits per heavy atom. The number of imide groups is 1. The first kappa shape index (κ1) is 30.7. The van der Waals surface area contributed by atoms with E-state index in [0.29, 0.717) is 47.6 Å². The molecule has 0 unspecified atom stereocenters. The van der Waals surface area contributed by atoms with Crippen LogP contribution in [0.25, 0.3) is 0 Å². The Morgan fingerprint density at radius 3 is 2.34 bits per heavy atom. The van der Waals surface area contributed by atoms with Gasteiger partial charge >= 0.3 is 12.6 Å². The van der Waals surface area contributed by atoms with Gasteiger partial charge in [-0.1, -0.05) is 6.07 Å². The highest BCUT2D eigenvalue weighted by Gasteiger charge is 2.64. The summed E-state index contributed by atoms with van der Waals surface area (Å²) in [6, 6.07) is 3.16. The number of anilines is 1. The molecule has 3 saturated carbocycles. The third-order valence-corrected chi connectivity index (χ3v) is 10.2. The van der Waals surface area contributed by atoms with Crippen LogP contribution < -0.4 is 10.6 Å². The molecular formula is C30H35F5N4O5. The van der Waals surface area contributed by atoms with Gasteiger partial charge in [-0.3, -0.25) is 19.2 Å². The highest BCUT2D eigenvalue weighted by molar-refractivity contribution is 6.05. The molecule has 240 valence electrons. The predicted molar refractivity (Wildman–Crippen MR) is 145 cm³/mol. The van der Waals surface area contributed by atoms with E-state index < -0.39 is 47.3 Å². The van der Waals surface area contributed by atoms with Crippen LogP contribution in [-0.2, 0) is 25.8 Å². The zero-order valence-electron chi connectivity index (χ0n) is 24.0. The summed E-state index contributed by atoms with van der Waals surface area (Å²) in [5, 5.41) is 7.03. The molecule has 2 N–H and O–H groups in total. The highest BCUT2D eigenvalue weighted by Crippen LogP contribution is 2.61. The SMILES string of the molecule is O=CON1C(=O)CC[C@@H](N2Cc3c(N[C@H](CC4(C(F)(F)F)CC4)C4CCC(NC5CC(F)(F)C5)CC4)cccc3C2=O)C1=O. The van der Waals surface area contributed by atoms with Crippen molar-refractivity contribution in [1.82, 2.24) is 15.3 Å². The molecule has 2 heterocycles. The minimum absolute atomic E-state index is 0.00329. The molecule has 44 heavy (non-hydrogen) atoms. The van der Waals surface area contributed by atoms with Gasteiger partial charge in [0.05, 0.1) is 5.41 Å². The second-order valence-corrected chi connectivity index (χ2v) is 13.0. The number of hydrogen-bond donors (Lipinski definition) is 2. The Balaban J connectivity index is 1.18. The number of alkyl halides is 5. The number of halogens is 5. The van der Waals surface area contributed by atoms with E-state index in [-0.39, 0.29) is 76.0 Å².